The van der Waals surface area contributed by atoms with Gasteiger partial charge in [-0.05, 0) is 48.2 Å². The largest absolute Gasteiger partial charge is 0.322 e. The third-order valence-corrected chi connectivity index (χ3v) is 3.82. The van der Waals surface area contributed by atoms with Crippen molar-refractivity contribution in [3.8, 4) is 0 Å². The number of rotatable bonds is 2. The second-order valence-corrected chi connectivity index (χ2v) is 5.31. The summed E-state index contributed by atoms with van der Waals surface area (Å²) in [6.07, 6.45) is 0. The van der Waals surface area contributed by atoms with E-state index in [0.717, 1.165) is 35.5 Å². The monoisotopic (exact) mass is 266 g/mol. The smallest absolute Gasteiger partial charge is 0.255 e. The van der Waals surface area contributed by atoms with Gasteiger partial charge in [0.25, 0.3) is 5.91 Å². The molecule has 20 heavy (non-hydrogen) atoms. The lowest BCUT2D eigenvalue weighted by Crippen LogP contribution is -2.14. The van der Waals surface area contributed by atoms with Crippen molar-refractivity contribution in [2.75, 3.05) is 5.32 Å². The van der Waals surface area contributed by atoms with Crippen molar-refractivity contribution in [2.45, 2.75) is 26.9 Å². The second-order valence-electron chi connectivity index (χ2n) is 5.31. The molecule has 0 aliphatic carbocycles. The lowest BCUT2D eigenvalue weighted by atomic mass is 10.0. The number of anilines is 1. The highest BCUT2D eigenvalue weighted by molar-refractivity contribution is 6.05. The zero-order chi connectivity index (χ0) is 14.1. The highest BCUT2D eigenvalue weighted by atomic mass is 16.1. The van der Waals surface area contributed by atoms with E-state index in [1.165, 1.54) is 11.1 Å². The Morgan fingerprint density at radius 1 is 1.05 bits per heavy atom. The Bertz CT molecular complexity index is 656. The molecule has 1 amide bonds. The first-order valence-electron chi connectivity index (χ1n) is 6.85. The Morgan fingerprint density at radius 2 is 1.75 bits per heavy atom. The van der Waals surface area contributed by atoms with Crippen molar-refractivity contribution in [3.05, 3.63) is 64.2 Å². The zero-order valence-electron chi connectivity index (χ0n) is 11.8. The molecule has 2 aromatic rings. The predicted molar refractivity (Wildman–Crippen MR) is 80.9 cm³/mol. The molecule has 3 heteroatoms. The number of para-hydroxylation sites is 1. The second kappa shape index (κ2) is 5.10. The van der Waals surface area contributed by atoms with Gasteiger partial charge in [-0.3, -0.25) is 4.79 Å². The van der Waals surface area contributed by atoms with E-state index in [-0.39, 0.29) is 5.91 Å². The molecular weight excluding hydrogens is 248 g/mol. The van der Waals surface area contributed by atoms with Crippen LogP contribution in [0.3, 0.4) is 0 Å². The Hall–Kier alpha value is -2.13. The Balaban J connectivity index is 1.86. The highest BCUT2D eigenvalue weighted by Crippen LogP contribution is 2.22. The Labute approximate surface area is 119 Å². The summed E-state index contributed by atoms with van der Waals surface area (Å²) in [6.45, 7) is 5.76. The summed E-state index contributed by atoms with van der Waals surface area (Å²) in [7, 11) is 0. The maximum Gasteiger partial charge on any atom is 0.255 e. The summed E-state index contributed by atoms with van der Waals surface area (Å²) in [5, 5.41) is 6.32. The Kier molecular flexibility index (Phi) is 3.28. The number of aryl methyl sites for hydroxylation is 2. The van der Waals surface area contributed by atoms with E-state index in [4.69, 9.17) is 0 Å². The first-order valence-corrected chi connectivity index (χ1v) is 6.85. The van der Waals surface area contributed by atoms with Crippen LogP contribution in [0, 0.1) is 13.8 Å². The number of fused-ring (bicyclic) bond motifs is 1. The van der Waals surface area contributed by atoms with E-state index in [2.05, 4.69) is 10.6 Å². The average Bonchev–Trinajstić information content (AvgIpc) is 2.90. The lowest BCUT2D eigenvalue weighted by Gasteiger charge is -2.12. The van der Waals surface area contributed by atoms with Gasteiger partial charge in [-0.15, -0.1) is 0 Å². The van der Waals surface area contributed by atoms with Gasteiger partial charge in [0.1, 0.15) is 0 Å². The Morgan fingerprint density at radius 3 is 2.50 bits per heavy atom. The van der Waals surface area contributed by atoms with E-state index in [1.54, 1.807) is 0 Å². The van der Waals surface area contributed by atoms with Crippen molar-refractivity contribution in [1.29, 1.82) is 0 Å². The SMILES string of the molecule is Cc1cccc(C)c1NC(=O)c1ccc2c(c1)CNC2. The van der Waals surface area contributed by atoms with Crippen LogP contribution in [0.25, 0.3) is 0 Å². The summed E-state index contributed by atoms with van der Waals surface area (Å²) in [5.74, 6) is -0.0444. The van der Waals surface area contributed by atoms with Crippen molar-refractivity contribution in [1.82, 2.24) is 5.32 Å². The molecule has 0 atom stereocenters. The average molecular weight is 266 g/mol. The van der Waals surface area contributed by atoms with Crippen LogP contribution in [0.5, 0.6) is 0 Å². The minimum absolute atomic E-state index is 0.0444. The van der Waals surface area contributed by atoms with Crippen molar-refractivity contribution in [2.24, 2.45) is 0 Å². The van der Waals surface area contributed by atoms with E-state index < -0.39 is 0 Å². The molecule has 0 radical (unpaired) electrons. The van der Waals surface area contributed by atoms with Gasteiger partial charge in [-0.2, -0.15) is 0 Å². The summed E-state index contributed by atoms with van der Waals surface area (Å²) >= 11 is 0. The summed E-state index contributed by atoms with van der Waals surface area (Å²) in [5.41, 5.74) is 6.31. The molecule has 0 fully saturated rings. The van der Waals surface area contributed by atoms with Crippen molar-refractivity contribution >= 4 is 11.6 Å². The van der Waals surface area contributed by atoms with Crippen LogP contribution in [-0.4, -0.2) is 5.91 Å². The molecule has 3 nitrogen and oxygen atoms in total. The number of benzene rings is 2. The molecule has 0 unspecified atom stereocenters. The molecule has 1 aliphatic heterocycles. The molecule has 1 heterocycles. The van der Waals surface area contributed by atoms with E-state index >= 15 is 0 Å². The van der Waals surface area contributed by atoms with Gasteiger partial charge in [-0.1, -0.05) is 24.3 Å². The van der Waals surface area contributed by atoms with Crippen LogP contribution in [0.15, 0.2) is 36.4 Å². The number of carbonyl (C=O) groups is 1. The number of hydrogen-bond donors (Lipinski definition) is 2. The van der Waals surface area contributed by atoms with Crippen molar-refractivity contribution in [3.63, 3.8) is 0 Å². The fourth-order valence-electron chi connectivity index (χ4n) is 2.63. The molecule has 2 N–H and O–H groups in total. The molecule has 3 rings (SSSR count). The molecule has 0 saturated heterocycles. The number of carbonyl (C=O) groups excluding carboxylic acids is 1. The fraction of sp³-hybridized carbons (Fsp3) is 0.235. The first kappa shape index (κ1) is 12.9. The van der Waals surface area contributed by atoms with Crippen molar-refractivity contribution < 1.29 is 4.79 Å². The maximum absolute atomic E-state index is 12.4. The third kappa shape index (κ3) is 2.32. The lowest BCUT2D eigenvalue weighted by molar-refractivity contribution is 0.102. The number of nitrogens with one attached hydrogen (secondary N) is 2. The van der Waals surface area contributed by atoms with Gasteiger partial charge < -0.3 is 10.6 Å². The number of hydrogen-bond acceptors (Lipinski definition) is 2. The predicted octanol–water partition coefficient (Wildman–Crippen LogP) is 3.16. The quantitative estimate of drug-likeness (QED) is 0.876. The van der Waals surface area contributed by atoms with Crippen LogP contribution in [0.4, 0.5) is 5.69 Å². The minimum atomic E-state index is -0.0444. The van der Waals surface area contributed by atoms with Crippen LogP contribution in [-0.2, 0) is 13.1 Å². The van der Waals surface area contributed by atoms with Crippen LogP contribution >= 0.6 is 0 Å². The first-order chi connectivity index (χ1) is 9.65. The van der Waals surface area contributed by atoms with E-state index in [9.17, 15) is 4.79 Å². The summed E-state index contributed by atoms with van der Waals surface area (Å²) in [4.78, 5) is 12.4. The zero-order valence-corrected chi connectivity index (χ0v) is 11.8. The molecule has 2 aromatic carbocycles. The molecular formula is C17H18N2O. The van der Waals surface area contributed by atoms with Gasteiger partial charge in [0, 0.05) is 24.3 Å². The van der Waals surface area contributed by atoms with E-state index in [1.807, 2.05) is 50.2 Å². The van der Waals surface area contributed by atoms with Gasteiger partial charge in [0.2, 0.25) is 0 Å². The topological polar surface area (TPSA) is 41.1 Å². The number of amides is 1. The maximum atomic E-state index is 12.4. The van der Waals surface area contributed by atoms with Gasteiger partial charge in [0.15, 0.2) is 0 Å². The summed E-state index contributed by atoms with van der Waals surface area (Å²) < 4.78 is 0. The molecule has 0 saturated carbocycles. The molecule has 0 aromatic heterocycles. The summed E-state index contributed by atoms with van der Waals surface area (Å²) in [6, 6.07) is 11.9. The third-order valence-electron chi connectivity index (χ3n) is 3.82. The van der Waals surface area contributed by atoms with Gasteiger partial charge >= 0.3 is 0 Å². The molecule has 1 aliphatic rings. The van der Waals surface area contributed by atoms with Gasteiger partial charge in [-0.25, -0.2) is 0 Å². The highest BCUT2D eigenvalue weighted by Gasteiger charge is 2.14. The fourth-order valence-corrected chi connectivity index (χ4v) is 2.63. The van der Waals surface area contributed by atoms with Crippen LogP contribution in [0.1, 0.15) is 32.6 Å². The van der Waals surface area contributed by atoms with Crippen LogP contribution < -0.4 is 10.6 Å². The molecule has 102 valence electrons. The molecule has 0 bridgehead atoms. The van der Waals surface area contributed by atoms with Gasteiger partial charge in [0.05, 0.1) is 0 Å². The van der Waals surface area contributed by atoms with Crippen LogP contribution in [0.2, 0.25) is 0 Å². The normalized spacial score (nSPS) is 13.1. The molecule has 0 spiro atoms. The minimum Gasteiger partial charge on any atom is -0.322 e. The standard InChI is InChI=1S/C17H18N2O/c1-11-4-3-5-12(2)16(11)19-17(20)13-6-7-14-9-18-10-15(14)8-13/h3-8,18H,9-10H2,1-2H3,(H,19,20). The van der Waals surface area contributed by atoms with E-state index in [0.29, 0.717) is 0 Å².